The van der Waals surface area contributed by atoms with E-state index in [-0.39, 0.29) is 13.6 Å². The van der Waals surface area contributed by atoms with Crippen molar-refractivity contribution in [3.05, 3.63) is 17.7 Å². The van der Waals surface area contributed by atoms with Gasteiger partial charge in [0.2, 0.25) is 0 Å². The van der Waals surface area contributed by atoms with Crippen LogP contribution >= 0.6 is 0 Å². The molecule has 1 aliphatic rings. The number of rotatable bonds is 2. The van der Waals surface area contributed by atoms with E-state index in [0.29, 0.717) is 5.92 Å². The predicted molar refractivity (Wildman–Crippen MR) is 79.5 cm³/mol. The highest BCUT2D eigenvalue weighted by Crippen LogP contribution is 2.34. The maximum atomic E-state index is 12.3. The van der Waals surface area contributed by atoms with Gasteiger partial charge in [-0.2, -0.15) is 0 Å². The van der Waals surface area contributed by atoms with Crippen LogP contribution in [0.3, 0.4) is 0 Å². The van der Waals surface area contributed by atoms with Crippen molar-refractivity contribution in [3.63, 3.8) is 0 Å². The SMILES string of the molecule is CCc1cnc([C@@H]2C[C@H](C)CN2C(=O)OC(C)(C)C)[nH]1.[HH]. The van der Waals surface area contributed by atoms with Crippen LogP contribution in [0.5, 0.6) is 0 Å². The summed E-state index contributed by atoms with van der Waals surface area (Å²) in [6, 6.07) is 0.000139. The topological polar surface area (TPSA) is 58.2 Å². The second-order valence-corrected chi connectivity index (χ2v) is 6.64. The molecule has 2 atom stereocenters. The Bertz CT molecular complexity index is 482. The van der Waals surface area contributed by atoms with Gasteiger partial charge in [-0.3, -0.25) is 4.90 Å². The standard InChI is InChI=1S/C15H25N3O2.H2/c1-6-11-8-16-13(17-11)12-7-10(2)9-18(12)14(19)20-15(3,4)5;/h8,10,12H,6-7,9H2,1-5H3,(H,16,17);1H/t10-,12-;/m0./s1. The van der Waals surface area contributed by atoms with E-state index in [1.165, 1.54) is 0 Å². The van der Waals surface area contributed by atoms with Crippen LogP contribution in [0.4, 0.5) is 4.79 Å². The molecule has 0 unspecified atom stereocenters. The van der Waals surface area contributed by atoms with Crippen molar-refractivity contribution in [2.75, 3.05) is 6.54 Å². The minimum atomic E-state index is -0.467. The summed E-state index contributed by atoms with van der Waals surface area (Å²) in [4.78, 5) is 21.9. The molecule has 1 aliphatic heterocycles. The van der Waals surface area contributed by atoms with Crippen molar-refractivity contribution < 1.29 is 11.0 Å². The van der Waals surface area contributed by atoms with Gasteiger partial charge in [0.1, 0.15) is 11.4 Å². The highest BCUT2D eigenvalue weighted by Gasteiger charge is 2.38. The summed E-state index contributed by atoms with van der Waals surface area (Å²) >= 11 is 0. The van der Waals surface area contributed by atoms with Gasteiger partial charge in [-0.25, -0.2) is 9.78 Å². The van der Waals surface area contributed by atoms with Crippen LogP contribution in [0.1, 0.15) is 60.0 Å². The third-order valence-corrected chi connectivity index (χ3v) is 3.48. The lowest BCUT2D eigenvalue weighted by atomic mass is 10.1. The summed E-state index contributed by atoms with van der Waals surface area (Å²) in [5.74, 6) is 1.33. The average molecular weight is 281 g/mol. The van der Waals surface area contributed by atoms with Crippen LogP contribution in [0.2, 0.25) is 0 Å². The van der Waals surface area contributed by atoms with Gasteiger partial charge in [0.05, 0.1) is 6.04 Å². The minimum Gasteiger partial charge on any atom is -0.444 e. The second-order valence-electron chi connectivity index (χ2n) is 6.64. The molecule has 114 valence electrons. The zero-order valence-electron chi connectivity index (χ0n) is 13.1. The molecule has 5 heteroatoms. The van der Waals surface area contributed by atoms with Gasteiger partial charge < -0.3 is 9.72 Å². The van der Waals surface area contributed by atoms with E-state index < -0.39 is 5.60 Å². The van der Waals surface area contributed by atoms with Gasteiger partial charge in [0.25, 0.3) is 0 Å². The lowest BCUT2D eigenvalue weighted by Gasteiger charge is -2.27. The summed E-state index contributed by atoms with van der Waals surface area (Å²) < 4.78 is 5.50. The first kappa shape index (κ1) is 14.9. The van der Waals surface area contributed by atoms with Gasteiger partial charge in [0.15, 0.2) is 0 Å². The second kappa shape index (κ2) is 5.46. The van der Waals surface area contributed by atoms with Crippen LogP contribution in [-0.2, 0) is 11.2 Å². The summed E-state index contributed by atoms with van der Waals surface area (Å²) in [5.41, 5.74) is 0.634. The van der Waals surface area contributed by atoms with E-state index in [2.05, 4.69) is 23.8 Å². The zero-order chi connectivity index (χ0) is 14.9. The van der Waals surface area contributed by atoms with Crippen molar-refractivity contribution in [1.82, 2.24) is 14.9 Å². The van der Waals surface area contributed by atoms with Crippen LogP contribution in [0, 0.1) is 5.92 Å². The first-order valence-electron chi connectivity index (χ1n) is 7.33. The molecule has 1 fully saturated rings. The molecule has 1 N–H and O–H groups in total. The van der Waals surface area contributed by atoms with Crippen LogP contribution in [0.25, 0.3) is 0 Å². The largest absolute Gasteiger partial charge is 0.444 e. The van der Waals surface area contributed by atoms with E-state index in [9.17, 15) is 4.79 Å². The van der Waals surface area contributed by atoms with Crippen LogP contribution in [0.15, 0.2) is 6.20 Å². The first-order chi connectivity index (χ1) is 9.30. The maximum absolute atomic E-state index is 12.3. The van der Waals surface area contributed by atoms with Gasteiger partial charge in [-0.1, -0.05) is 13.8 Å². The Morgan fingerprint density at radius 3 is 2.85 bits per heavy atom. The van der Waals surface area contributed by atoms with Crippen molar-refractivity contribution in [2.45, 2.75) is 59.1 Å². The normalized spacial score (nSPS) is 23.1. The number of nitrogens with zero attached hydrogens (tertiary/aromatic N) is 2. The molecule has 5 nitrogen and oxygen atoms in total. The molecule has 0 aliphatic carbocycles. The van der Waals surface area contributed by atoms with E-state index in [1.807, 2.05) is 27.0 Å². The number of amides is 1. The van der Waals surface area contributed by atoms with E-state index in [0.717, 1.165) is 30.9 Å². The smallest absolute Gasteiger partial charge is 0.410 e. The van der Waals surface area contributed by atoms with Gasteiger partial charge in [-0.05, 0) is 39.5 Å². The Labute approximate surface area is 122 Å². The molecule has 2 heterocycles. The summed E-state index contributed by atoms with van der Waals surface area (Å²) in [7, 11) is 0. The number of carbonyl (C=O) groups excluding carboxylic acids is 1. The third kappa shape index (κ3) is 3.32. The third-order valence-electron chi connectivity index (χ3n) is 3.48. The highest BCUT2D eigenvalue weighted by atomic mass is 16.6. The van der Waals surface area contributed by atoms with E-state index >= 15 is 0 Å². The van der Waals surface area contributed by atoms with Crippen LogP contribution in [-0.4, -0.2) is 33.1 Å². The molecular weight excluding hydrogens is 254 g/mol. The van der Waals surface area contributed by atoms with Crippen molar-refractivity contribution >= 4 is 6.09 Å². The van der Waals surface area contributed by atoms with Gasteiger partial charge >= 0.3 is 6.09 Å². The lowest BCUT2D eigenvalue weighted by molar-refractivity contribution is 0.0214. The number of hydrogen-bond donors (Lipinski definition) is 1. The number of nitrogens with one attached hydrogen (secondary N) is 1. The molecule has 0 radical (unpaired) electrons. The van der Waals surface area contributed by atoms with Crippen molar-refractivity contribution in [2.24, 2.45) is 5.92 Å². The molecule has 1 aromatic heterocycles. The maximum Gasteiger partial charge on any atom is 0.410 e. The Hall–Kier alpha value is -1.52. The number of aryl methyl sites for hydroxylation is 1. The molecule has 2 rings (SSSR count). The summed E-state index contributed by atoms with van der Waals surface area (Å²) in [5, 5.41) is 0. The van der Waals surface area contributed by atoms with Gasteiger partial charge in [0, 0.05) is 19.9 Å². The monoisotopic (exact) mass is 281 g/mol. The van der Waals surface area contributed by atoms with Crippen molar-refractivity contribution in [3.8, 4) is 0 Å². The summed E-state index contributed by atoms with van der Waals surface area (Å²) in [6.45, 7) is 10.6. The fourth-order valence-electron chi connectivity index (χ4n) is 2.55. The number of aromatic nitrogens is 2. The molecule has 1 amide bonds. The number of hydrogen-bond acceptors (Lipinski definition) is 3. The predicted octanol–water partition coefficient (Wildman–Crippen LogP) is 3.54. The number of aromatic amines is 1. The lowest BCUT2D eigenvalue weighted by Crippen LogP contribution is -2.37. The number of ether oxygens (including phenoxy) is 1. The highest BCUT2D eigenvalue weighted by molar-refractivity contribution is 5.69. The van der Waals surface area contributed by atoms with E-state index in [4.69, 9.17) is 4.74 Å². The number of H-pyrrole nitrogens is 1. The molecule has 1 aromatic rings. The fourth-order valence-corrected chi connectivity index (χ4v) is 2.55. The number of carbonyl (C=O) groups is 1. The molecular formula is C15H27N3O2. The zero-order valence-corrected chi connectivity index (χ0v) is 13.1. The Morgan fingerprint density at radius 2 is 2.30 bits per heavy atom. The molecule has 0 bridgehead atoms. The molecule has 1 saturated heterocycles. The first-order valence-corrected chi connectivity index (χ1v) is 7.33. The Kier molecular flexibility index (Phi) is 4.06. The summed E-state index contributed by atoms with van der Waals surface area (Å²) in [6.07, 6.45) is 3.45. The fraction of sp³-hybridized carbons (Fsp3) is 0.733. The molecule has 20 heavy (non-hydrogen) atoms. The average Bonchev–Trinajstić information content (AvgIpc) is 2.92. The van der Waals surface area contributed by atoms with Gasteiger partial charge in [-0.15, -0.1) is 0 Å². The molecule has 0 saturated carbocycles. The van der Waals surface area contributed by atoms with Crippen molar-refractivity contribution in [1.29, 1.82) is 0 Å². The Morgan fingerprint density at radius 1 is 1.60 bits per heavy atom. The molecule has 0 aromatic carbocycles. The number of likely N-dealkylation sites (tertiary alicyclic amines) is 1. The number of imidazole rings is 1. The quantitative estimate of drug-likeness (QED) is 0.902. The van der Waals surface area contributed by atoms with Crippen LogP contribution < -0.4 is 0 Å². The minimum absolute atomic E-state index is 0. The van der Waals surface area contributed by atoms with E-state index in [1.54, 1.807) is 4.90 Å². The molecule has 0 spiro atoms. The Balaban J connectivity index is 0.00000220.